The quantitative estimate of drug-likeness (QED) is 0.839. The minimum Gasteiger partial charge on any atom is -0.336 e. The van der Waals surface area contributed by atoms with Crippen LogP contribution in [0.25, 0.3) is 0 Å². The monoisotopic (exact) mass is 278 g/mol. The molecule has 1 aromatic carbocycles. The highest BCUT2D eigenvalue weighted by atomic mass is 19.1. The van der Waals surface area contributed by atoms with Crippen molar-refractivity contribution in [1.29, 1.82) is 0 Å². The fourth-order valence-corrected chi connectivity index (χ4v) is 2.30. The van der Waals surface area contributed by atoms with Gasteiger partial charge in [-0.05, 0) is 19.1 Å². The molecule has 0 atom stereocenters. The zero-order chi connectivity index (χ0) is 14.5. The first-order valence-electron chi connectivity index (χ1n) is 6.83. The Morgan fingerprint density at radius 2 is 1.80 bits per heavy atom. The third-order valence-corrected chi connectivity index (χ3v) is 3.54. The number of rotatable bonds is 4. The molecule has 1 heterocycles. The Morgan fingerprint density at radius 1 is 1.15 bits per heavy atom. The molecule has 0 saturated carbocycles. The summed E-state index contributed by atoms with van der Waals surface area (Å²) in [6.07, 6.45) is 0.543. The number of halogens is 1. The normalized spacial score (nSPS) is 16.2. The van der Waals surface area contributed by atoms with Crippen LogP contribution in [0.1, 0.15) is 23.7 Å². The second-order valence-corrected chi connectivity index (χ2v) is 5.07. The van der Waals surface area contributed by atoms with Gasteiger partial charge in [0.05, 0.1) is 5.56 Å². The minimum absolute atomic E-state index is 0.129. The number of carbonyl (C=O) groups excluding carboxylic acids is 2. The average molecular weight is 278 g/mol. The second-order valence-electron chi connectivity index (χ2n) is 5.07. The van der Waals surface area contributed by atoms with Crippen LogP contribution in [0.5, 0.6) is 0 Å². The molecular weight excluding hydrogens is 259 g/mol. The van der Waals surface area contributed by atoms with Crippen LogP contribution < -0.4 is 0 Å². The van der Waals surface area contributed by atoms with Crippen molar-refractivity contribution >= 4 is 11.7 Å². The molecule has 20 heavy (non-hydrogen) atoms. The number of benzene rings is 1. The summed E-state index contributed by atoms with van der Waals surface area (Å²) in [4.78, 5) is 27.0. The smallest absolute Gasteiger partial charge is 0.256 e. The van der Waals surface area contributed by atoms with Crippen molar-refractivity contribution in [3.05, 3.63) is 35.6 Å². The van der Waals surface area contributed by atoms with Gasteiger partial charge in [0.2, 0.25) is 0 Å². The van der Waals surface area contributed by atoms with Gasteiger partial charge >= 0.3 is 0 Å². The molecular formula is C15H19FN2O2. The van der Waals surface area contributed by atoms with Crippen LogP contribution in [0.15, 0.2) is 24.3 Å². The van der Waals surface area contributed by atoms with E-state index < -0.39 is 5.82 Å². The predicted molar refractivity (Wildman–Crippen MR) is 74.0 cm³/mol. The maximum atomic E-state index is 13.6. The van der Waals surface area contributed by atoms with Crippen LogP contribution in [0, 0.1) is 5.82 Å². The van der Waals surface area contributed by atoms with Crippen LogP contribution in [0.3, 0.4) is 0 Å². The van der Waals surface area contributed by atoms with Gasteiger partial charge in [-0.2, -0.15) is 0 Å². The lowest BCUT2D eigenvalue weighted by atomic mass is 10.1. The molecule has 0 radical (unpaired) electrons. The summed E-state index contributed by atoms with van der Waals surface area (Å²) in [6.45, 7) is 4.92. The summed E-state index contributed by atoms with van der Waals surface area (Å²) in [5.41, 5.74) is 0.129. The van der Waals surface area contributed by atoms with Crippen molar-refractivity contribution in [3.63, 3.8) is 0 Å². The third kappa shape index (κ3) is 3.63. The van der Waals surface area contributed by atoms with E-state index in [2.05, 4.69) is 4.90 Å². The topological polar surface area (TPSA) is 40.6 Å². The van der Waals surface area contributed by atoms with Gasteiger partial charge in [0.25, 0.3) is 5.91 Å². The summed E-state index contributed by atoms with van der Waals surface area (Å²) < 4.78 is 13.6. The molecule has 4 nitrogen and oxygen atoms in total. The zero-order valence-corrected chi connectivity index (χ0v) is 11.6. The van der Waals surface area contributed by atoms with E-state index in [-0.39, 0.29) is 17.3 Å². The minimum atomic E-state index is -0.475. The first-order chi connectivity index (χ1) is 9.58. The highest BCUT2D eigenvalue weighted by molar-refractivity contribution is 5.94. The SMILES string of the molecule is CC(=O)CCN1CCN(C(=O)c2ccccc2F)CC1. The van der Waals surface area contributed by atoms with Crippen LogP contribution in [0.2, 0.25) is 0 Å². The van der Waals surface area contributed by atoms with Gasteiger partial charge in [-0.3, -0.25) is 14.5 Å². The maximum absolute atomic E-state index is 13.6. The molecule has 0 aromatic heterocycles. The Hall–Kier alpha value is -1.75. The van der Waals surface area contributed by atoms with E-state index in [1.807, 2.05) is 0 Å². The molecule has 0 aliphatic carbocycles. The number of Topliss-reactive ketones (excluding diaryl/α,β-unsaturated/α-hetero) is 1. The third-order valence-electron chi connectivity index (χ3n) is 3.54. The molecule has 1 aliphatic heterocycles. The van der Waals surface area contributed by atoms with Gasteiger partial charge in [0.15, 0.2) is 0 Å². The van der Waals surface area contributed by atoms with Crippen molar-refractivity contribution in [3.8, 4) is 0 Å². The molecule has 2 rings (SSSR count). The number of hydrogen-bond acceptors (Lipinski definition) is 3. The van der Waals surface area contributed by atoms with E-state index in [0.717, 1.165) is 19.6 Å². The molecule has 108 valence electrons. The predicted octanol–water partition coefficient (Wildman–Crippen LogP) is 1.56. The molecule has 1 aromatic rings. The molecule has 0 N–H and O–H groups in total. The molecule has 1 saturated heterocycles. The van der Waals surface area contributed by atoms with Gasteiger partial charge < -0.3 is 4.90 Å². The zero-order valence-electron chi connectivity index (χ0n) is 11.6. The van der Waals surface area contributed by atoms with E-state index in [1.54, 1.807) is 24.0 Å². The Labute approximate surface area is 118 Å². The van der Waals surface area contributed by atoms with Crippen LogP contribution >= 0.6 is 0 Å². The molecule has 1 amide bonds. The van der Waals surface area contributed by atoms with E-state index >= 15 is 0 Å². The van der Waals surface area contributed by atoms with Gasteiger partial charge in [-0.15, -0.1) is 0 Å². The lowest BCUT2D eigenvalue weighted by molar-refractivity contribution is -0.117. The van der Waals surface area contributed by atoms with Gasteiger partial charge in [0, 0.05) is 39.1 Å². The second kappa shape index (κ2) is 6.61. The molecule has 0 unspecified atom stereocenters. The summed E-state index contributed by atoms with van der Waals surface area (Å²) in [5.74, 6) is -0.555. The van der Waals surface area contributed by atoms with E-state index in [9.17, 15) is 14.0 Å². The molecule has 1 fully saturated rings. The van der Waals surface area contributed by atoms with E-state index in [0.29, 0.717) is 19.5 Å². The van der Waals surface area contributed by atoms with Crippen LogP contribution in [-0.4, -0.2) is 54.2 Å². The number of piperazine rings is 1. The average Bonchev–Trinajstić information content (AvgIpc) is 2.45. The highest BCUT2D eigenvalue weighted by Gasteiger charge is 2.23. The number of hydrogen-bond donors (Lipinski definition) is 0. The largest absolute Gasteiger partial charge is 0.336 e. The standard InChI is InChI=1S/C15H19FN2O2/c1-12(19)6-7-17-8-10-18(11-9-17)15(20)13-4-2-3-5-14(13)16/h2-5H,6-11H2,1H3. The summed E-state index contributed by atoms with van der Waals surface area (Å²) in [6, 6.07) is 6.06. The number of nitrogens with zero attached hydrogens (tertiary/aromatic N) is 2. The summed E-state index contributed by atoms with van der Waals surface area (Å²) >= 11 is 0. The summed E-state index contributed by atoms with van der Waals surface area (Å²) in [7, 11) is 0. The number of carbonyl (C=O) groups is 2. The lowest BCUT2D eigenvalue weighted by Gasteiger charge is -2.34. The van der Waals surface area contributed by atoms with Gasteiger partial charge in [-0.25, -0.2) is 4.39 Å². The van der Waals surface area contributed by atoms with Crippen molar-refractivity contribution in [1.82, 2.24) is 9.80 Å². The van der Waals surface area contributed by atoms with Crippen molar-refractivity contribution in [2.24, 2.45) is 0 Å². The Kier molecular flexibility index (Phi) is 4.84. The maximum Gasteiger partial charge on any atom is 0.256 e. The van der Waals surface area contributed by atoms with E-state index in [1.165, 1.54) is 12.1 Å². The number of ketones is 1. The van der Waals surface area contributed by atoms with Crippen LogP contribution in [-0.2, 0) is 4.79 Å². The first-order valence-corrected chi connectivity index (χ1v) is 6.83. The Bertz CT molecular complexity index is 496. The molecule has 5 heteroatoms. The Balaban J connectivity index is 1.89. The van der Waals surface area contributed by atoms with Crippen LogP contribution in [0.4, 0.5) is 4.39 Å². The fourth-order valence-electron chi connectivity index (χ4n) is 2.30. The Morgan fingerprint density at radius 3 is 2.40 bits per heavy atom. The van der Waals surface area contributed by atoms with Crippen molar-refractivity contribution in [2.45, 2.75) is 13.3 Å². The lowest BCUT2D eigenvalue weighted by Crippen LogP contribution is -2.49. The fraction of sp³-hybridized carbons (Fsp3) is 0.467. The summed E-state index contributed by atoms with van der Waals surface area (Å²) in [5, 5.41) is 0. The van der Waals surface area contributed by atoms with E-state index in [4.69, 9.17) is 0 Å². The van der Waals surface area contributed by atoms with Gasteiger partial charge in [0.1, 0.15) is 11.6 Å². The molecule has 0 bridgehead atoms. The highest BCUT2D eigenvalue weighted by Crippen LogP contribution is 2.12. The number of amides is 1. The van der Waals surface area contributed by atoms with Crippen molar-refractivity contribution < 1.29 is 14.0 Å². The molecule has 0 spiro atoms. The molecule has 1 aliphatic rings. The van der Waals surface area contributed by atoms with Gasteiger partial charge in [-0.1, -0.05) is 12.1 Å². The van der Waals surface area contributed by atoms with Crippen molar-refractivity contribution in [2.75, 3.05) is 32.7 Å². The first kappa shape index (κ1) is 14.7.